The molecule has 5 heteroatoms. The molecule has 0 saturated carbocycles. The van der Waals surface area contributed by atoms with Crippen molar-refractivity contribution in [1.29, 1.82) is 0 Å². The zero-order valence-electron chi connectivity index (χ0n) is 12.6. The third kappa shape index (κ3) is 3.24. The standard InChI is InChI=1S/C16H21N3O2/c1-12-17-16(10-9-15-4-3-11-21-15)19(18-12)13-5-7-14(20-2)8-6-13/h5-8,15H,3-4,9-11H2,1-2H3/t15-/m0/s1. The summed E-state index contributed by atoms with van der Waals surface area (Å²) in [7, 11) is 1.67. The summed E-state index contributed by atoms with van der Waals surface area (Å²) >= 11 is 0. The molecule has 1 atom stereocenters. The van der Waals surface area contributed by atoms with Gasteiger partial charge in [-0.3, -0.25) is 0 Å². The van der Waals surface area contributed by atoms with Crippen molar-refractivity contribution in [2.75, 3.05) is 13.7 Å². The highest BCUT2D eigenvalue weighted by molar-refractivity contribution is 5.37. The van der Waals surface area contributed by atoms with Gasteiger partial charge in [-0.2, -0.15) is 5.10 Å². The maximum atomic E-state index is 5.68. The number of hydrogen-bond donors (Lipinski definition) is 0. The summed E-state index contributed by atoms with van der Waals surface area (Å²) in [6.45, 7) is 2.82. The van der Waals surface area contributed by atoms with Crippen molar-refractivity contribution < 1.29 is 9.47 Å². The number of aromatic nitrogens is 3. The molecule has 0 spiro atoms. The Hall–Kier alpha value is -1.88. The minimum atomic E-state index is 0.381. The monoisotopic (exact) mass is 287 g/mol. The Bertz CT molecular complexity index is 586. The second kappa shape index (κ2) is 6.26. The summed E-state index contributed by atoms with van der Waals surface area (Å²) in [4.78, 5) is 4.56. The molecule has 1 aromatic carbocycles. The number of hydrogen-bond acceptors (Lipinski definition) is 4. The minimum Gasteiger partial charge on any atom is -0.497 e. The van der Waals surface area contributed by atoms with Gasteiger partial charge in [0.15, 0.2) is 0 Å². The first-order valence-corrected chi connectivity index (χ1v) is 7.45. The van der Waals surface area contributed by atoms with Crippen molar-refractivity contribution >= 4 is 0 Å². The lowest BCUT2D eigenvalue weighted by Crippen LogP contribution is -2.10. The van der Waals surface area contributed by atoms with Crippen molar-refractivity contribution in [3.8, 4) is 11.4 Å². The van der Waals surface area contributed by atoms with Gasteiger partial charge in [0.1, 0.15) is 17.4 Å². The van der Waals surface area contributed by atoms with Crippen LogP contribution in [-0.4, -0.2) is 34.6 Å². The molecule has 0 unspecified atom stereocenters. The Labute approximate surface area is 124 Å². The molecule has 1 aromatic heterocycles. The Morgan fingerprint density at radius 3 is 2.81 bits per heavy atom. The maximum Gasteiger partial charge on any atom is 0.148 e. The second-order valence-electron chi connectivity index (χ2n) is 5.36. The summed E-state index contributed by atoms with van der Waals surface area (Å²) < 4.78 is 12.8. The first kappa shape index (κ1) is 14.1. The highest BCUT2D eigenvalue weighted by Crippen LogP contribution is 2.20. The van der Waals surface area contributed by atoms with Gasteiger partial charge in [-0.1, -0.05) is 0 Å². The normalized spacial score (nSPS) is 18.1. The van der Waals surface area contributed by atoms with Gasteiger partial charge in [0.05, 0.1) is 18.9 Å². The summed E-state index contributed by atoms with van der Waals surface area (Å²) in [5, 5.41) is 4.51. The van der Waals surface area contributed by atoms with Gasteiger partial charge in [-0.25, -0.2) is 9.67 Å². The van der Waals surface area contributed by atoms with E-state index in [2.05, 4.69) is 10.1 Å². The quantitative estimate of drug-likeness (QED) is 0.848. The van der Waals surface area contributed by atoms with Gasteiger partial charge in [0.25, 0.3) is 0 Å². The van der Waals surface area contributed by atoms with Crippen LogP contribution < -0.4 is 4.74 Å². The van der Waals surface area contributed by atoms with E-state index in [4.69, 9.17) is 9.47 Å². The number of methoxy groups -OCH3 is 1. The highest BCUT2D eigenvalue weighted by atomic mass is 16.5. The fourth-order valence-corrected chi connectivity index (χ4v) is 2.71. The molecule has 3 rings (SSSR count). The van der Waals surface area contributed by atoms with Crippen LogP contribution in [0.1, 0.15) is 30.9 Å². The molecule has 112 valence electrons. The fraction of sp³-hybridized carbons (Fsp3) is 0.500. The molecule has 1 aliphatic heterocycles. The molecule has 2 heterocycles. The van der Waals surface area contributed by atoms with Crippen LogP contribution in [0, 0.1) is 6.92 Å². The Kier molecular flexibility index (Phi) is 4.20. The predicted molar refractivity (Wildman–Crippen MR) is 79.9 cm³/mol. The zero-order chi connectivity index (χ0) is 14.7. The van der Waals surface area contributed by atoms with Gasteiger partial charge in [0, 0.05) is 13.0 Å². The van der Waals surface area contributed by atoms with E-state index in [1.54, 1.807) is 7.11 Å². The van der Waals surface area contributed by atoms with E-state index >= 15 is 0 Å². The first-order valence-electron chi connectivity index (χ1n) is 7.45. The van der Waals surface area contributed by atoms with Gasteiger partial charge in [0.2, 0.25) is 0 Å². The maximum absolute atomic E-state index is 5.68. The average Bonchev–Trinajstić information content (AvgIpc) is 3.14. The Balaban J connectivity index is 1.77. The summed E-state index contributed by atoms with van der Waals surface area (Å²) in [5.41, 5.74) is 1.01. The number of aryl methyl sites for hydroxylation is 2. The van der Waals surface area contributed by atoms with E-state index in [1.807, 2.05) is 35.9 Å². The predicted octanol–water partition coefficient (Wildman–Crippen LogP) is 2.70. The van der Waals surface area contributed by atoms with Crippen LogP contribution in [0.2, 0.25) is 0 Å². The lowest BCUT2D eigenvalue weighted by Gasteiger charge is -2.10. The van der Waals surface area contributed by atoms with Crippen LogP contribution in [0.15, 0.2) is 24.3 Å². The lowest BCUT2D eigenvalue weighted by atomic mass is 10.1. The van der Waals surface area contributed by atoms with Crippen LogP contribution in [0.5, 0.6) is 5.75 Å². The third-order valence-electron chi connectivity index (χ3n) is 3.81. The molecule has 5 nitrogen and oxygen atoms in total. The molecular weight excluding hydrogens is 266 g/mol. The van der Waals surface area contributed by atoms with Crippen molar-refractivity contribution in [2.24, 2.45) is 0 Å². The second-order valence-corrected chi connectivity index (χ2v) is 5.36. The fourth-order valence-electron chi connectivity index (χ4n) is 2.71. The Morgan fingerprint density at radius 2 is 2.14 bits per heavy atom. The van der Waals surface area contributed by atoms with Gasteiger partial charge in [-0.15, -0.1) is 0 Å². The van der Waals surface area contributed by atoms with Crippen molar-refractivity contribution in [3.05, 3.63) is 35.9 Å². The summed E-state index contributed by atoms with van der Waals surface area (Å²) in [6.07, 6.45) is 4.61. The smallest absolute Gasteiger partial charge is 0.148 e. The molecule has 21 heavy (non-hydrogen) atoms. The lowest BCUT2D eigenvalue weighted by molar-refractivity contribution is 0.104. The number of nitrogens with zero attached hydrogens (tertiary/aromatic N) is 3. The average molecular weight is 287 g/mol. The molecule has 2 aromatic rings. The van der Waals surface area contributed by atoms with E-state index in [-0.39, 0.29) is 0 Å². The zero-order valence-corrected chi connectivity index (χ0v) is 12.6. The molecule has 1 aliphatic rings. The van der Waals surface area contributed by atoms with Crippen LogP contribution >= 0.6 is 0 Å². The van der Waals surface area contributed by atoms with E-state index in [0.29, 0.717) is 6.10 Å². The molecule has 0 aliphatic carbocycles. The molecular formula is C16H21N3O2. The number of ether oxygens (including phenoxy) is 2. The van der Waals surface area contributed by atoms with Crippen molar-refractivity contribution in [3.63, 3.8) is 0 Å². The van der Waals surface area contributed by atoms with E-state index in [1.165, 1.54) is 6.42 Å². The van der Waals surface area contributed by atoms with E-state index < -0.39 is 0 Å². The SMILES string of the molecule is COc1ccc(-n2nc(C)nc2CC[C@@H]2CCCO2)cc1. The van der Waals surface area contributed by atoms with Gasteiger partial charge >= 0.3 is 0 Å². The topological polar surface area (TPSA) is 49.2 Å². The molecule has 0 radical (unpaired) electrons. The van der Waals surface area contributed by atoms with E-state index in [0.717, 1.165) is 49.0 Å². The van der Waals surface area contributed by atoms with Crippen molar-refractivity contribution in [1.82, 2.24) is 14.8 Å². The molecule has 0 N–H and O–H groups in total. The minimum absolute atomic E-state index is 0.381. The van der Waals surface area contributed by atoms with Crippen LogP contribution in [-0.2, 0) is 11.2 Å². The number of rotatable bonds is 5. The van der Waals surface area contributed by atoms with E-state index in [9.17, 15) is 0 Å². The van der Waals surface area contributed by atoms with Gasteiger partial charge in [-0.05, 0) is 50.5 Å². The number of benzene rings is 1. The van der Waals surface area contributed by atoms with Gasteiger partial charge < -0.3 is 9.47 Å². The summed E-state index contributed by atoms with van der Waals surface area (Å²) in [5.74, 6) is 2.64. The first-order chi connectivity index (χ1) is 10.3. The van der Waals surface area contributed by atoms with Crippen LogP contribution in [0.3, 0.4) is 0 Å². The summed E-state index contributed by atoms with van der Waals surface area (Å²) in [6, 6.07) is 7.89. The van der Waals surface area contributed by atoms with Crippen LogP contribution in [0.25, 0.3) is 5.69 Å². The molecule has 1 fully saturated rings. The molecule has 0 amide bonds. The highest BCUT2D eigenvalue weighted by Gasteiger charge is 2.17. The largest absolute Gasteiger partial charge is 0.497 e. The third-order valence-corrected chi connectivity index (χ3v) is 3.81. The molecule has 1 saturated heterocycles. The van der Waals surface area contributed by atoms with Crippen LogP contribution in [0.4, 0.5) is 0 Å². The molecule has 0 bridgehead atoms. The van der Waals surface area contributed by atoms with Crippen molar-refractivity contribution in [2.45, 2.75) is 38.7 Å². The Morgan fingerprint density at radius 1 is 1.33 bits per heavy atom.